The fourth-order valence-electron chi connectivity index (χ4n) is 1.67. The molecule has 1 heterocycles. The molecule has 0 aliphatic rings. The van der Waals surface area contributed by atoms with Crippen LogP contribution in [0.3, 0.4) is 0 Å². The second-order valence-corrected chi connectivity index (χ2v) is 4.45. The van der Waals surface area contributed by atoms with Gasteiger partial charge in [0.25, 0.3) is 0 Å². The van der Waals surface area contributed by atoms with Gasteiger partial charge >= 0.3 is 0 Å². The van der Waals surface area contributed by atoms with Crippen LogP contribution in [0.5, 0.6) is 0 Å². The van der Waals surface area contributed by atoms with E-state index in [9.17, 15) is 4.79 Å². The fourth-order valence-corrected chi connectivity index (χ4v) is 1.90. The number of carbonyl (C=O) groups excluding carboxylic acids is 1. The summed E-state index contributed by atoms with van der Waals surface area (Å²) in [5, 5.41) is 2.71. The molecule has 2 N–H and O–H groups in total. The van der Waals surface area contributed by atoms with Crippen LogP contribution in [-0.4, -0.2) is 22.0 Å². The lowest BCUT2D eigenvalue weighted by Crippen LogP contribution is -2.19. The van der Waals surface area contributed by atoms with E-state index in [0.717, 1.165) is 11.3 Å². The molecule has 0 bridgehead atoms. The van der Waals surface area contributed by atoms with Crippen molar-refractivity contribution in [3.05, 3.63) is 53.1 Å². The number of hydrogen-bond acceptors (Lipinski definition) is 2. The van der Waals surface area contributed by atoms with Gasteiger partial charge in [-0.15, -0.1) is 0 Å². The Balaban J connectivity index is 2.05. The van der Waals surface area contributed by atoms with Crippen LogP contribution in [0.4, 0.5) is 0 Å². The van der Waals surface area contributed by atoms with Crippen molar-refractivity contribution in [2.75, 3.05) is 6.54 Å². The maximum Gasteiger partial charge on any atom is 0.217 e. The third-order valence-corrected chi connectivity index (χ3v) is 2.91. The Morgan fingerprint density at radius 2 is 2.16 bits per heavy atom. The second-order valence-electron chi connectivity index (χ2n) is 4.07. The molecule has 0 saturated heterocycles. The molecule has 98 valence electrons. The normalized spacial score (nSPS) is 10.8. The minimum atomic E-state index is -0.0261. The topological polar surface area (TPSA) is 49.8 Å². The molecule has 5 heteroatoms. The van der Waals surface area contributed by atoms with Gasteiger partial charge in [0, 0.05) is 31.5 Å². The van der Waals surface area contributed by atoms with E-state index in [1.807, 2.05) is 53.4 Å². The van der Waals surface area contributed by atoms with Crippen LogP contribution >= 0.6 is 12.2 Å². The molecule has 0 saturated carbocycles. The molecule has 1 amide bonds. The lowest BCUT2D eigenvalue weighted by Gasteiger charge is -2.02. The molecule has 0 fully saturated rings. The Kier molecular flexibility index (Phi) is 4.30. The van der Waals surface area contributed by atoms with Crippen LogP contribution in [0.2, 0.25) is 0 Å². The molecule has 19 heavy (non-hydrogen) atoms. The number of rotatable bonds is 4. The number of aromatic nitrogens is 2. The quantitative estimate of drug-likeness (QED) is 0.841. The first-order valence-corrected chi connectivity index (χ1v) is 6.35. The van der Waals surface area contributed by atoms with Gasteiger partial charge in [0.2, 0.25) is 5.91 Å². The zero-order valence-electron chi connectivity index (χ0n) is 10.6. The van der Waals surface area contributed by atoms with Gasteiger partial charge in [-0.1, -0.05) is 24.3 Å². The van der Waals surface area contributed by atoms with Crippen LogP contribution in [0, 0.1) is 4.77 Å². The number of benzene rings is 1. The summed E-state index contributed by atoms with van der Waals surface area (Å²) < 4.78 is 2.58. The summed E-state index contributed by atoms with van der Waals surface area (Å²) in [6.45, 7) is 2.04. The van der Waals surface area contributed by atoms with Gasteiger partial charge in [0.15, 0.2) is 4.77 Å². The molecule has 0 aliphatic heterocycles. The van der Waals surface area contributed by atoms with Crippen molar-refractivity contribution in [2.24, 2.45) is 0 Å². The molecule has 1 aromatic heterocycles. The minimum Gasteiger partial charge on any atom is -0.353 e. The monoisotopic (exact) mass is 273 g/mol. The summed E-state index contributed by atoms with van der Waals surface area (Å²) in [4.78, 5) is 13.7. The first-order chi connectivity index (χ1) is 9.16. The van der Waals surface area contributed by atoms with E-state index in [1.165, 1.54) is 6.92 Å². The standard InChI is InChI=1S/C14H15N3OS/c1-11(18)15-8-2-3-12-4-6-13(7-5-12)17-10-9-16-14(17)19/h2-7,9-10H,8H2,1H3,(H,15,18)(H,16,19). The van der Waals surface area contributed by atoms with E-state index in [0.29, 0.717) is 11.3 Å². The van der Waals surface area contributed by atoms with Crippen molar-refractivity contribution in [1.29, 1.82) is 0 Å². The maximum absolute atomic E-state index is 10.7. The van der Waals surface area contributed by atoms with Gasteiger partial charge in [0.05, 0.1) is 0 Å². The molecule has 2 aromatic rings. The molecule has 0 atom stereocenters. The largest absolute Gasteiger partial charge is 0.353 e. The van der Waals surface area contributed by atoms with Crippen molar-refractivity contribution in [2.45, 2.75) is 6.92 Å². The van der Waals surface area contributed by atoms with E-state index in [2.05, 4.69) is 10.3 Å². The van der Waals surface area contributed by atoms with Crippen LogP contribution < -0.4 is 5.32 Å². The van der Waals surface area contributed by atoms with Crippen molar-refractivity contribution < 1.29 is 4.79 Å². The molecule has 0 unspecified atom stereocenters. The van der Waals surface area contributed by atoms with Crippen molar-refractivity contribution >= 4 is 24.2 Å². The van der Waals surface area contributed by atoms with Crippen LogP contribution in [0.1, 0.15) is 12.5 Å². The maximum atomic E-state index is 10.7. The zero-order valence-corrected chi connectivity index (χ0v) is 11.4. The number of imidazole rings is 1. The molecular weight excluding hydrogens is 258 g/mol. The first kappa shape index (κ1) is 13.3. The van der Waals surface area contributed by atoms with Gasteiger partial charge in [-0.25, -0.2) is 0 Å². The highest BCUT2D eigenvalue weighted by molar-refractivity contribution is 7.71. The molecule has 0 spiro atoms. The van der Waals surface area contributed by atoms with Gasteiger partial charge < -0.3 is 10.3 Å². The Morgan fingerprint density at radius 3 is 2.74 bits per heavy atom. The predicted molar refractivity (Wildman–Crippen MR) is 78.7 cm³/mol. The summed E-state index contributed by atoms with van der Waals surface area (Å²) >= 11 is 5.16. The van der Waals surface area contributed by atoms with Gasteiger partial charge in [-0.05, 0) is 29.9 Å². The van der Waals surface area contributed by atoms with E-state index < -0.39 is 0 Å². The Bertz CT molecular complexity index is 637. The number of carbonyl (C=O) groups is 1. The number of hydrogen-bond donors (Lipinski definition) is 2. The average Bonchev–Trinajstić information content (AvgIpc) is 2.81. The number of nitrogens with zero attached hydrogens (tertiary/aromatic N) is 1. The second kappa shape index (κ2) is 6.15. The van der Waals surface area contributed by atoms with Gasteiger partial charge in [-0.2, -0.15) is 0 Å². The summed E-state index contributed by atoms with van der Waals surface area (Å²) in [5.41, 5.74) is 2.10. The Labute approximate surface area is 116 Å². The molecule has 2 rings (SSSR count). The summed E-state index contributed by atoms with van der Waals surface area (Å²) in [5.74, 6) is -0.0261. The van der Waals surface area contributed by atoms with Crippen LogP contribution in [0.15, 0.2) is 42.7 Å². The SMILES string of the molecule is CC(=O)NCC=Cc1ccc(-n2cc[nH]c2=S)cc1. The third kappa shape index (κ3) is 3.66. The molecule has 1 aromatic carbocycles. The highest BCUT2D eigenvalue weighted by Crippen LogP contribution is 2.11. The fraction of sp³-hybridized carbons (Fsp3) is 0.143. The third-order valence-electron chi connectivity index (χ3n) is 2.60. The molecule has 4 nitrogen and oxygen atoms in total. The highest BCUT2D eigenvalue weighted by Gasteiger charge is 1.96. The number of amides is 1. The first-order valence-electron chi connectivity index (χ1n) is 5.94. The van der Waals surface area contributed by atoms with Crippen molar-refractivity contribution in [3.63, 3.8) is 0 Å². The number of H-pyrrole nitrogens is 1. The number of aromatic amines is 1. The lowest BCUT2D eigenvalue weighted by molar-refractivity contribution is -0.118. The van der Waals surface area contributed by atoms with E-state index in [4.69, 9.17) is 12.2 Å². The van der Waals surface area contributed by atoms with Gasteiger partial charge in [0.1, 0.15) is 0 Å². The van der Waals surface area contributed by atoms with E-state index >= 15 is 0 Å². The summed E-state index contributed by atoms with van der Waals surface area (Å²) in [7, 11) is 0. The molecular formula is C14H15N3OS. The molecule has 0 aliphatic carbocycles. The smallest absolute Gasteiger partial charge is 0.217 e. The average molecular weight is 273 g/mol. The number of nitrogens with one attached hydrogen (secondary N) is 2. The van der Waals surface area contributed by atoms with E-state index in [1.54, 1.807) is 0 Å². The van der Waals surface area contributed by atoms with Crippen LogP contribution in [-0.2, 0) is 4.79 Å². The highest BCUT2D eigenvalue weighted by atomic mass is 32.1. The summed E-state index contributed by atoms with van der Waals surface area (Å²) in [6.07, 6.45) is 7.59. The van der Waals surface area contributed by atoms with Crippen molar-refractivity contribution in [1.82, 2.24) is 14.9 Å². The zero-order chi connectivity index (χ0) is 13.7. The van der Waals surface area contributed by atoms with Gasteiger partial charge in [-0.3, -0.25) is 9.36 Å². The minimum absolute atomic E-state index is 0.0261. The van der Waals surface area contributed by atoms with Crippen LogP contribution in [0.25, 0.3) is 11.8 Å². The Morgan fingerprint density at radius 1 is 1.42 bits per heavy atom. The molecule has 0 radical (unpaired) electrons. The van der Waals surface area contributed by atoms with Crippen molar-refractivity contribution in [3.8, 4) is 5.69 Å². The predicted octanol–water partition coefficient (Wildman–Crippen LogP) is 2.68. The lowest BCUT2D eigenvalue weighted by atomic mass is 10.2. The van der Waals surface area contributed by atoms with E-state index in [-0.39, 0.29) is 5.91 Å². The Hall–Kier alpha value is -2.14. The summed E-state index contributed by atoms with van der Waals surface area (Å²) in [6, 6.07) is 8.02.